The summed E-state index contributed by atoms with van der Waals surface area (Å²) in [5.41, 5.74) is 1.93. The largest absolute Gasteiger partial charge is 0.508 e. The Morgan fingerprint density at radius 3 is 2.57 bits per heavy atom. The Labute approximate surface area is 136 Å². The lowest BCUT2D eigenvalue weighted by molar-refractivity contribution is 0.457. The Balaban J connectivity index is 1.88. The van der Waals surface area contributed by atoms with Gasteiger partial charge in [-0.15, -0.1) is 0 Å². The molecule has 0 atom stereocenters. The molecule has 1 aliphatic carbocycles. The van der Waals surface area contributed by atoms with E-state index in [1.54, 1.807) is 12.1 Å². The molecule has 2 aromatic rings. The van der Waals surface area contributed by atoms with E-state index < -0.39 is 0 Å². The highest BCUT2D eigenvalue weighted by molar-refractivity contribution is 5.82. The van der Waals surface area contributed by atoms with E-state index in [-0.39, 0.29) is 11.4 Å². The van der Waals surface area contributed by atoms with Crippen LogP contribution in [0, 0.1) is 0 Å². The van der Waals surface area contributed by atoms with Crippen LogP contribution in [0.5, 0.6) is 5.75 Å². The van der Waals surface area contributed by atoms with Crippen LogP contribution in [0.3, 0.4) is 0 Å². The zero-order valence-electron chi connectivity index (χ0n) is 13.7. The maximum atomic E-state index is 11.8. The SMILES string of the molecule is CCc1cc2c(CNC3CCCCCC3)cc(=O)oc2cc1O. The highest BCUT2D eigenvalue weighted by atomic mass is 16.4. The molecule has 1 aromatic heterocycles. The van der Waals surface area contributed by atoms with Gasteiger partial charge in [0.05, 0.1) is 0 Å². The zero-order valence-corrected chi connectivity index (χ0v) is 13.7. The van der Waals surface area contributed by atoms with Crippen LogP contribution in [0.4, 0.5) is 0 Å². The molecule has 4 heteroatoms. The van der Waals surface area contributed by atoms with Crippen molar-refractivity contribution >= 4 is 11.0 Å². The first-order valence-electron chi connectivity index (χ1n) is 8.69. The quantitative estimate of drug-likeness (QED) is 0.664. The third kappa shape index (κ3) is 3.75. The molecular weight excluding hydrogens is 290 g/mol. The van der Waals surface area contributed by atoms with Crippen molar-refractivity contribution in [1.82, 2.24) is 5.32 Å². The summed E-state index contributed by atoms with van der Waals surface area (Å²) in [6.45, 7) is 2.67. The molecule has 3 rings (SSSR count). The lowest BCUT2D eigenvalue weighted by Crippen LogP contribution is -2.28. The molecule has 0 unspecified atom stereocenters. The molecular formula is C19H25NO3. The van der Waals surface area contributed by atoms with Gasteiger partial charge < -0.3 is 14.8 Å². The Bertz CT molecular complexity index is 727. The van der Waals surface area contributed by atoms with Gasteiger partial charge in [0.1, 0.15) is 11.3 Å². The predicted octanol–water partition coefficient (Wildman–Crippen LogP) is 3.87. The summed E-state index contributed by atoms with van der Waals surface area (Å²) >= 11 is 0. The summed E-state index contributed by atoms with van der Waals surface area (Å²) in [5, 5.41) is 14.5. The third-order valence-corrected chi connectivity index (χ3v) is 4.85. The van der Waals surface area contributed by atoms with Crippen LogP contribution in [-0.4, -0.2) is 11.1 Å². The van der Waals surface area contributed by atoms with E-state index in [1.165, 1.54) is 38.5 Å². The number of aryl methyl sites for hydroxylation is 1. The third-order valence-electron chi connectivity index (χ3n) is 4.85. The maximum absolute atomic E-state index is 11.8. The van der Waals surface area contributed by atoms with Crippen molar-refractivity contribution in [3.63, 3.8) is 0 Å². The number of rotatable bonds is 4. The molecule has 1 fully saturated rings. The van der Waals surface area contributed by atoms with Gasteiger partial charge in [0.2, 0.25) is 0 Å². The fraction of sp³-hybridized carbons (Fsp3) is 0.526. The number of phenols is 1. The van der Waals surface area contributed by atoms with E-state index in [0.29, 0.717) is 18.2 Å². The fourth-order valence-corrected chi connectivity index (χ4v) is 3.47. The molecule has 0 radical (unpaired) electrons. The van der Waals surface area contributed by atoms with Gasteiger partial charge in [-0.2, -0.15) is 0 Å². The zero-order chi connectivity index (χ0) is 16.2. The standard InChI is InChI=1S/C19H25NO3/c1-2-13-9-16-14(10-19(22)23-18(16)11-17(13)21)12-20-15-7-5-3-4-6-8-15/h9-11,15,20-21H,2-8,12H2,1H3. The first kappa shape index (κ1) is 16.1. The number of phenolic OH excluding ortho intramolecular Hbond substituents is 1. The van der Waals surface area contributed by atoms with Gasteiger partial charge >= 0.3 is 5.63 Å². The smallest absolute Gasteiger partial charge is 0.336 e. The molecule has 4 nitrogen and oxygen atoms in total. The molecule has 124 valence electrons. The van der Waals surface area contributed by atoms with Crippen molar-refractivity contribution in [2.45, 2.75) is 64.5 Å². The molecule has 1 aromatic carbocycles. The van der Waals surface area contributed by atoms with E-state index in [4.69, 9.17) is 4.42 Å². The highest BCUT2D eigenvalue weighted by Gasteiger charge is 2.14. The van der Waals surface area contributed by atoms with Gasteiger partial charge in [-0.25, -0.2) is 4.79 Å². The second kappa shape index (κ2) is 7.18. The molecule has 0 amide bonds. The minimum atomic E-state index is -0.362. The fourth-order valence-electron chi connectivity index (χ4n) is 3.47. The summed E-state index contributed by atoms with van der Waals surface area (Å²) in [4.78, 5) is 11.8. The highest BCUT2D eigenvalue weighted by Crippen LogP contribution is 2.27. The lowest BCUT2D eigenvalue weighted by atomic mass is 10.0. The number of nitrogens with one attached hydrogen (secondary N) is 1. The van der Waals surface area contributed by atoms with Gasteiger partial charge in [0.25, 0.3) is 0 Å². The first-order valence-corrected chi connectivity index (χ1v) is 8.69. The summed E-state index contributed by atoms with van der Waals surface area (Å²) < 4.78 is 5.25. The van der Waals surface area contributed by atoms with Gasteiger partial charge in [0, 0.05) is 30.1 Å². The van der Waals surface area contributed by atoms with E-state index >= 15 is 0 Å². The number of aromatic hydroxyl groups is 1. The molecule has 1 saturated carbocycles. The van der Waals surface area contributed by atoms with Gasteiger partial charge in [-0.1, -0.05) is 32.6 Å². The Kier molecular flexibility index (Phi) is 5.01. The summed E-state index contributed by atoms with van der Waals surface area (Å²) in [6, 6.07) is 5.60. The minimum absolute atomic E-state index is 0.192. The average Bonchev–Trinajstić information content (AvgIpc) is 2.80. The predicted molar refractivity (Wildman–Crippen MR) is 91.9 cm³/mol. The summed E-state index contributed by atoms with van der Waals surface area (Å²) in [7, 11) is 0. The molecule has 1 aliphatic rings. The van der Waals surface area contributed by atoms with E-state index in [1.807, 2.05) is 13.0 Å². The van der Waals surface area contributed by atoms with Crippen LogP contribution in [0.15, 0.2) is 27.4 Å². The second-order valence-electron chi connectivity index (χ2n) is 6.49. The van der Waals surface area contributed by atoms with E-state index in [9.17, 15) is 9.90 Å². The summed E-state index contributed by atoms with van der Waals surface area (Å²) in [5.74, 6) is 0.192. The van der Waals surface area contributed by atoms with Crippen molar-refractivity contribution in [2.75, 3.05) is 0 Å². The van der Waals surface area contributed by atoms with Crippen molar-refractivity contribution < 1.29 is 9.52 Å². The van der Waals surface area contributed by atoms with Crippen molar-refractivity contribution in [3.8, 4) is 5.75 Å². The first-order chi connectivity index (χ1) is 11.2. The van der Waals surface area contributed by atoms with Gasteiger partial charge in [-0.3, -0.25) is 0 Å². The molecule has 2 N–H and O–H groups in total. The van der Waals surface area contributed by atoms with Crippen LogP contribution < -0.4 is 10.9 Å². The Morgan fingerprint density at radius 2 is 1.87 bits per heavy atom. The van der Waals surface area contributed by atoms with Crippen molar-refractivity contribution in [2.24, 2.45) is 0 Å². The van der Waals surface area contributed by atoms with Crippen LogP contribution in [0.1, 0.15) is 56.6 Å². The normalized spacial score (nSPS) is 16.6. The molecule has 23 heavy (non-hydrogen) atoms. The maximum Gasteiger partial charge on any atom is 0.336 e. The molecule has 0 saturated heterocycles. The van der Waals surface area contributed by atoms with Gasteiger partial charge in [0.15, 0.2) is 0 Å². The summed E-state index contributed by atoms with van der Waals surface area (Å²) in [6.07, 6.45) is 8.38. The average molecular weight is 315 g/mol. The van der Waals surface area contributed by atoms with Crippen LogP contribution in [0.25, 0.3) is 11.0 Å². The molecule has 0 bridgehead atoms. The van der Waals surface area contributed by atoms with Crippen molar-refractivity contribution in [3.05, 3.63) is 39.7 Å². The van der Waals surface area contributed by atoms with Gasteiger partial charge in [-0.05, 0) is 36.5 Å². The molecule has 1 heterocycles. The molecule has 0 aliphatic heterocycles. The topological polar surface area (TPSA) is 62.5 Å². The number of benzene rings is 1. The van der Waals surface area contributed by atoms with Crippen LogP contribution in [-0.2, 0) is 13.0 Å². The monoisotopic (exact) mass is 315 g/mol. The van der Waals surface area contributed by atoms with Crippen molar-refractivity contribution in [1.29, 1.82) is 0 Å². The Hall–Kier alpha value is -1.81. The van der Waals surface area contributed by atoms with E-state index in [0.717, 1.165) is 22.9 Å². The van der Waals surface area contributed by atoms with Crippen LogP contribution >= 0.6 is 0 Å². The number of hydrogen-bond donors (Lipinski definition) is 2. The number of fused-ring (bicyclic) bond motifs is 1. The minimum Gasteiger partial charge on any atom is -0.508 e. The number of hydrogen-bond acceptors (Lipinski definition) is 4. The van der Waals surface area contributed by atoms with Crippen LogP contribution in [0.2, 0.25) is 0 Å². The second-order valence-corrected chi connectivity index (χ2v) is 6.49. The molecule has 0 spiro atoms. The van der Waals surface area contributed by atoms with E-state index in [2.05, 4.69) is 5.32 Å². The Morgan fingerprint density at radius 1 is 1.13 bits per heavy atom. The lowest BCUT2D eigenvalue weighted by Gasteiger charge is -2.17.